The van der Waals surface area contributed by atoms with E-state index in [-0.39, 0.29) is 11.9 Å². The van der Waals surface area contributed by atoms with E-state index in [4.69, 9.17) is 21.1 Å². The summed E-state index contributed by atoms with van der Waals surface area (Å²) in [7, 11) is 3.18. The third kappa shape index (κ3) is 5.02. The minimum atomic E-state index is -0.240. The molecular weight excluding hydrogens is 398 g/mol. The summed E-state index contributed by atoms with van der Waals surface area (Å²) in [6, 6.07) is 22.3. The normalized spacial score (nSPS) is 12.2. The van der Waals surface area contributed by atoms with Crippen molar-refractivity contribution in [2.45, 2.75) is 13.0 Å². The number of methoxy groups -OCH3 is 2. The maximum Gasteiger partial charge on any atom is 0.252 e. The molecule has 0 unspecified atom stereocenters. The highest BCUT2D eigenvalue weighted by Gasteiger charge is 2.17. The van der Waals surface area contributed by atoms with Gasteiger partial charge >= 0.3 is 0 Å². The summed E-state index contributed by atoms with van der Waals surface area (Å²) in [5.41, 5.74) is 3.04. The van der Waals surface area contributed by atoms with Gasteiger partial charge in [0.15, 0.2) is 11.5 Å². The van der Waals surface area contributed by atoms with Crippen molar-refractivity contribution in [3.8, 4) is 11.5 Å². The molecule has 3 aromatic carbocycles. The summed E-state index contributed by atoms with van der Waals surface area (Å²) in [6.07, 6.45) is 1.81. The Bertz CT molecular complexity index is 1050. The molecule has 0 heterocycles. The minimum absolute atomic E-state index is 0.191. The predicted octanol–water partition coefficient (Wildman–Crippen LogP) is 5.78. The summed E-state index contributed by atoms with van der Waals surface area (Å²) < 4.78 is 10.7. The smallest absolute Gasteiger partial charge is 0.252 e. The van der Waals surface area contributed by atoms with Crippen LogP contribution in [-0.4, -0.2) is 20.1 Å². The van der Waals surface area contributed by atoms with Crippen LogP contribution >= 0.6 is 11.6 Å². The van der Waals surface area contributed by atoms with Crippen molar-refractivity contribution in [1.29, 1.82) is 0 Å². The molecule has 0 aliphatic rings. The van der Waals surface area contributed by atoms with Crippen LogP contribution in [0.2, 0.25) is 5.02 Å². The molecule has 5 heteroatoms. The highest BCUT2D eigenvalue weighted by molar-refractivity contribution is 6.33. The maximum absolute atomic E-state index is 13.2. The molecule has 3 rings (SSSR count). The quantitative estimate of drug-likeness (QED) is 0.389. The van der Waals surface area contributed by atoms with E-state index < -0.39 is 0 Å². The third-order valence-electron chi connectivity index (χ3n) is 4.79. The second-order valence-electron chi connectivity index (χ2n) is 6.76. The van der Waals surface area contributed by atoms with Crippen LogP contribution < -0.4 is 14.8 Å². The van der Waals surface area contributed by atoms with Gasteiger partial charge in [-0.3, -0.25) is 4.79 Å². The van der Waals surface area contributed by atoms with Gasteiger partial charge in [0.2, 0.25) is 0 Å². The Morgan fingerprint density at radius 1 is 0.933 bits per heavy atom. The number of amides is 1. The molecule has 1 atom stereocenters. The van der Waals surface area contributed by atoms with Gasteiger partial charge in [0.1, 0.15) is 0 Å². The van der Waals surface area contributed by atoms with E-state index in [1.54, 1.807) is 20.3 Å². The number of rotatable bonds is 7. The zero-order valence-electron chi connectivity index (χ0n) is 17.2. The number of halogens is 1. The summed E-state index contributed by atoms with van der Waals surface area (Å²) in [4.78, 5) is 13.2. The summed E-state index contributed by atoms with van der Waals surface area (Å²) in [5.74, 6) is 1.07. The van der Waals surface area contributed by atoms with Crippen LogP contribution in [0.3, 0.4) is 0 Å². The second-order valence-corrected chi connectivity index (χ2v) is 7.16. The van der Waals surface area contributed by atoms with Gasteiger partial charge in [-0.2, -0.15) is 0 Å². The number of carbonyl (C=O) groups is 1. The molecule has 4 nitrogen and oxygen atoms in total. The van der Waals surface area contributed by atoms with Gasteiger partial charge in [0.05, 0.1) is 20.3 Å². The number of nitrogens with one attached hydrogen (secondary N) is 1. The lowest BCUT2D eigenvalue weighted by atomic mass is 10.0. The van der Waals surface area contributed by atoms with Gasteiger partial charge in [0, 0.05) is 10.6 Å². The maximum atomic E-state index is 13.2. The van der Waals surface area contributed by atoms with Gasteiger partial charge in [-0.15, -0.1) is 0 Å². The van der Waals surface area contributed by atoms with Crippen LogP contribution in [0.25, 0.3) is 11.6 Å². The van der Waals surface area contributed by atoms with Gasteiger partial charge in [0.25, 0.3) is 5.91 Å². The number of hydrogen-bond acceptors (Lipinski definition) is 3. The fourth-order valence-electron chi connectivity index (χ4n) is 3.13. The monoisotopic (exact) mass is 421 g/mol. The SMILES string of the molecule is COc1ccc([C@@H](C)NC(=O)/C(=C/c2ccccc2Cl)c2ccccc2)cc1OC. The molecule has 154 valence electrons. The molecule has 30 heavy (non-hydrogen) atoms. The number of ether oxygens (including phenoxy) is 2. The Kier molecular flexibility index (Phi) is 7.15. The lowest BCUT2D eigenvalue weighted by molar-refractivity contribution is -0.116. The molecule has 0 saturated carbocycles. The molecule has 1 amide bonds. The van der Waals surface area contributed by atoms with Crippen molar-refractivity contribution < 1.29 is 14.3 Å². The second kappa shape index (κ2) is 9.99. The van der Waals surface area contributed by atoms with Crippen molar-refractivity contribution in [2.75, 3.05) is 14.2 Å². The number of carbonyl (C=O) groups excluding carboxylic acids is 1. The fourth-order valence-corrected chi connectivity index (χ4v) is 3.32. The molecule has 0 saturated heterocycles. The van der Waals surface area contributed by atoms with E-state index in [9.17, 15) is 4.79 Å². The average molecular weight is 422 g/mol. The topological polar surface area (TPSA) is 47.6 Å². The molecule has 0 aliphatic heterocycles. The molecule has 0 fully saturated rings. The van der Waals surface area contributed by atoms with Crippen LogP contribution in [0.15, 0.2) is 72.8 Å². The first-order valence-electron chi connectivity index (χ1n) is 9.58. The molecule has 0 spiro atoms. The third-order valence-corrected chi connectivity index (χ3v) is 5.13. The fraction of sp³-hybridized carbons (Fsp3) is 0.160. The first-order valence-corrected chi connectivity index (χ1v) is 9.95. The van der Waals surface area contributed by atoms with Crippen LogP contribution in [0.1, 0.15) is 29.7 Å². The van der Waals surface area contributed by atoms with Crippen LogP contribution in [0.4, 0.5) is 0 Å². The zero-order chi connectivity index (χ0) is 21.5. The van der Waals surface area contributed by atoms with Crippen molar-refractivity contribution in [3.63, 3.8) is 0 Å². The summed E-state index contributed by atoms with van der Waals surface area (Å²) >= 11 is 6.32. The largest absolute Gasteiger partial charge is 0.493 e. The summed E-state index contributed by atoms with van der Waals surface area (Å²) in [5, 5.41) is 3.67. The van der Waals surface area contributed by atoms with Crippen LogP contribution in [0.5, 0.6) is 11.5 Å². The Morgan fingerprint density at radius 3 is 2.27 bits per heavy atom. The highest BCUT2D eigenvalue weighted by atomic mass is 35.5. The first kappa shape index (κ1) is 21.5. The predicted molar refractivity (Wildman–Crippen MR) is 122 cm³/mol. The van der Waals surface area contributed by atoms with E-state index in [0.29, 0.717) is 22.1 Å². The first-order chi connectivity index (χ1) is 14.5. The van der Waals surface area contributed by atoms with Gasteiger partial charge < -0.3 is 14.8 Å². The van der Waals surface area contributed by atoms with Crippen molar-refractivity contribution in [2.24, 2.45) is 0 Å². The Labute approximate surface area is 182 Å². The van der Waals surface area contributed by atoms with Crippen molar-refractivity contribution >= 4 is 29.2 Å². The molecule has 0 aliphatic carbocycles. The Morgan fingerprint density at radius 2 is 1.60 bits per heavy atom. The average Bonchev–Trinajstić information content (AvgIpc) is 2.78. The van der Waals surface area contributed by atoms with E-state index in [2.05, 4.69) is 5.32 Å². The lowest BCUT2D eigenvalue weighted by Crippen LogP contribution is -2.27. The Hall–Kier alpha value is -3.24. The molecule has 0 radical (unpaired) electrons. The highest BCUT2D eigenvalue weighted by Crippen LogP contribution is 2.30. The molecule has 3 aromatic rings. The minimum Gasteiger partial charge on any atom is -0.493 e. The molecule has 0 bridgehead atoms. The standard InChI is InChI=1S/C25H24ClNO3/c1-17(19-13-14-23(29-2)24(16-19)30-3)27-25(28)21(18-9-5-4-6-10-18)15-20-11-7-8-12-22(20)26/h4-17H,1-3H3,(H,27,28)/b21-15+/t17-/m1/s1. The van der Waals surface area contributed by atoms with Crippen LogP contribution in [-0.2, 0) is 4.79 Å². The van der Waals surface area contributed by atoms with Crippen molar-refractivity contribution in [1.82, 2.24) is 5.32 Å². The lowest BCUT2D eigenvalue weighted by Gasteiger charge is -2.18. The van der Waals surface area contributed by atoms with Crippen LogP contribution in [0, 0.1) is 0 Å². The zero-order valence-corrected chi connectivity index (χ0v) is 17.9. The Balaban J connectivity index is 1.91. The van der Waals surface area contributed by atoms with Gasteiger partial charge in [-0.05, 0) is 47.9 Å². The van der Waals surface area contributed by atoms with E-state index in [1.807, 2.05) is 79.7 Å². The molecule has 0 aromatic heterocycles. The van der Waals surface area contributed by atoms with Gasteiger partial charge in [-0.1, -0.05) is 66.2 Å². The van der Waals surface area contributed by atoms with Crippen molar-refractivity contribution in [3.05, 3.63) is 94.5 Å². The van der Waals surface area contributed by atoms with E-state index in [0.717, 1.165) is 16.7 Å². The van der Waals surface area contributed by atoms with E-state index >= 15 is 0 Å². The van der Waals surface area contributed by atoms with Gasteiger partial charge in [-0.25, -0.2) is 0 Å². The molecule has 1 N–H and O–H groups in total. The van der Waals surface area contributed by atoms with E-state index in [1.165, 1.54) is 0 Å². The summed E-state index contributed by atoms with van der Waals surface area (Å²) in [6.45, 7) is 1.93. The number of hydrogen-bond donors (Lipinski definition) is 1. The molecular formula is C25H24ClNO3. The number of benzene rings is 3.